The Morgan fingerprint density at radius 3 is 2.38 bits per heavy atom. The zero-order valence-electron chi connectivity index (χ0n) is 22.1. The first-order valence-electron chi connectivity index (χ1n) is 13.8. The highest BCUT2D eigenvalue weighted by molar-refractivity contribution is 6.73. The Kier molecular flexibility index (Phi) is 7.53. The number of Topliss-reactive ketones (excluding diaryl/α,β-unsaturated/α-hetero) is 1. The van der Waals surface area contributed by atoms with E-state index in [-0.39, 0.29) is 41.5 Å². The van der Waals surface area contributed by atoms with Crippen LogP contribution in [0.2, 0.25) is 18.1 Å². The van der Waals surface area contributed by atoms with Gasteiger partial charge in [-0.3, -0.25) is 9.59 Å². The lowest BCUT2D eigenvalue weighted by molar-refractivity contribution is -0.190. The standard InChI is InChI=1S/C28H46O5Si/c1-7-21-22-16-18-28(21,26(32-19(5)29)27(22)17-12-15-24(27)31-6)25(20-13-11-14-23(20)30)33-34(8-2,9-3)10-4/h7,20-22,24-26H,1,8-18H2,2-6H3/t20-,21-,22+,24-,25-,26+,27-,28-/m0/s1. The number of hydrogen-bond donors (Lipinski definition) is 0. The maximum Gasteiger partial charge on any atom is 0.302 e. The predicted molar refractivity (Wildman–Crippen MR) is 136 cm³/mol. The normalized spacial score (nSPS) is 40.3. The van der Waals surface area contributed by atoms with Gasteiger partial charge in [-0.1, -0.05) is 33.3 Å². The largest absolute Gasteiger partial charge is 0.461 e. The van der Waals surface area contributed by atoms with Gasteiger partial charge in [-0.15, -0.1) is 6.58 Å². The molecular weight excluding hydrogens is 444 g/mol. The number of allylic oxidation sites excluding steroid dienone is 1. The Labute approximate surface area is 207 Å². The number of carbonyl (C=O) groups is 2. The molecular formula is C28H46O5Si. The van der Waals surface area contributed by atoms with E-state index in [0.717, 1.165) is 63.1 Å². The first kappa shape index (κ1) is 26.1. The van der Waals surface area contributed by atoms with E-state index in [2.05, 4.69) is 33.4 Å². The van der Waals surface area contributed by atoms with Gasteiger partial charge in [0.25, 0.3) is 0 Å². The molecule has 0 aromatic rings. The van der Waals surface area contributed by atoms with Crippen LogP contribution in [0.1, 0.15) is 79.1 Å². The number of methoxy groups -OCH3 is 1. The minimum atomic E-state index is -2.04. The number of ether oxygens (including phenoxy) is 2. The van der Waals surface area contributed by atoms with Gasteiger partial charge >= 0.3 is 5.97 Å². The van der Waals surface area contributed by atoms with Gasteiger partial charge < -0.3 is 13.9 Å². The van der Waals surface area contributed by atoms with Crippen molar-refractivity contribution in [1.82, 2.24) is 0 Å². The van der Waals surface area contributed by atoms with Gasteiger partial charge in [0, 0.05) is 37.2 Å². The third-order valence-electron chi connectivity index (χ3n) is 10.7. The molecule has 6 heteroatoms. The molecule has 0 amide bonds. The topological polar surface area (TPSA) is 61.8 Å². The molecule has 4 aliphatic carbocycles. The second-order valence-electron chi connectivity index (χ2n) is 11.5. The average molecular weight is 491 g/mol. The van der Waals surface area contributed by atoms with E-state index in [1.807, 2.05) is 7.11 Å². The molecule has 1 spiro atoms. The van der Waals surface area contributed by atoms with E-state index in [4.69, 9.17) is 13.9 Å². The van der Waals surface area contributed by atoms with E-state index in [1.54, 1.807) is 0 Å². The van der Waals surface area contributed by atoms with Crippen molar-refractivity contribution in [3.63, 3.8) is 0 Å². The Balaban J connectivity index is 1.90. The number of rotatable bonds is 10. The first-order valence-corrected chi connectivity index (χ1v) is 16.4. The summed E-state index contributed by atoms with van der Waals surface area (Å²) in [5.41, 5.74) is -0.614. The maximum absolute atomic E-state index is 13.3. The summed E-state index contributed by atoms with van der Waals surface area (Å²) in [5, 5.41) is 0. The molecule has 34 heavy (non-hydrogen) atoms. The SMILES string of the molecule is C=C[C@H]1[C@H]2CC[C@]1([C@@H](O[Si](CC)(CC)CC)[C@H]1CCCC1=O)[C@H](OC(C)=O)[C@@]21CCC[C@@H]1OC. The highest BCUT2D eigenvalue weighted by Gasteiger charge is 2.77. The zero-order valence-corrected chi connectivity index (χ0v) is 23.1. The van der Waals surface area contributed by atoms with Crippen LogP contribution < -0.4 is 0 Å². The summed E-state index contributed by atoms with van der Waals surface area (Å²) in [7, 11) is -0.229. The summed E-state index contributed by atoms with van der Waals surface area (Å²) in [5.74, 6) is 0.526. The van der Waals surface area contributed by atoms with Crippen LogP contribution in [0.5, 0.6) is 0 Å². The quantitative estimate of drug-likeness (QED) is 0.211. The van der Waals surface area contributed by atoms with Crippen LogP contribution in [0, 0.1) is 28.6 Å². The third-order valence-corrected chi connectivity index (χ3v) is 15.3. The van der Waals surface area contributed by atoms with E-state index >= 15 is 0 Å². The smallest absolute Gasteiger partial charge is 0.302 e. The molecule has 192 valence electrons. The fourth-order valence-electron chi connectivity index (χ4n) is 9.06. The summed E-state index contributed by atoms with van der Waals surface area (Å²) in [6.07, 6.45) is 9.23. The third kappa shape index (κ3) is 3.61. The molecule has 0 N–H and O–H groups in total. The minimum Gasteiger partial charge on any atom is -0.461 e. The fourth-order valence-corrected chi connectivity index (χ4v) is 12.0. The van der Waals surface area contributed by atoms with Crippen LogP contribution in [-0.2, 0) is 23.5 Å². The van der Waals surface area contributed by atoms with E-state index < -0.39 is 13.7 Å². The van der Waals surface area contributed by atoms with Crippen molar-refractivity contribution in [2.24, 2.45) is 28.6 Å². The van der Waals surface area contributed by atoms with Crippen LogP contribution >= 0.6 is 0 Å². The molecule has 4 rings (SSSR count). The summed E-state index contributed by atoms with van der Waals surface area (Å²) in [4.78, 5) is 26.0. The van der Waals surface area contributed by atoms with Crippen LogP contribution in [0.15, 0.2) is 12.7 Å². The first-order chi connectivity index (χ1) is 16.3. The Morgan fingerprint density at radius 1 is 1.15 bits per heavy atom. The summed E-state index contributed by atoms with van der Waals surface area (Å²) < 4.78 is 19.9. The lowest BCUT2D eigenvalue weighted by Gasteiger charge is -2.52. The van der Waals surface area contributed by atoms with Crippen LogP contribution in [0.4, 0.5) is 0 Å². The number of ketones is 1. The number of carbonyl (C=O) groups excluding carboxylic acids is 2. The lowest BCUT2D eigenvalue weighted by atomic mass is 9.61. The van der Waals surface area contributed by atoms with Crippen molar-refractivity contribution in [2.45, 2.75) is 116 Å². The van der Waals surface area contributed by atoms with E-state index in [9.17, 15) is 9.59 Å². The molecule has 0 unspecified atom stereocenters. The molecule has 0 aliphatic heterocycles. The Hall–Kier alpha value is -0.983. The van der Waals surface area contributed by atoms with Crippen molar-refractivity contribution in [3.05, 3.63) is 12.7 Å². The molecule has 0 radical (unpaired) electrons. The average Bonchev–Trinajstić information content (AvgIpc) is 3.58. The molecule has 0 aromatic heterocycles. The van der Waals surface area contributed by atoms with Crippen molar-refractivity contribution < 1.29 is 23.5 Å². The van der Waals surface area contributed by atoms with Gasteiger partial charge in [0.15, 0.2) is 8.32 Å². The number of esters is 1. The minimum absolute atomic E-state index is 0.0666. The Bertz CT molecular complexity index is 785. The molecule has 0 aromatic carbocycles. The highest BCUT2D eigenvalue weighted by Crippen LogP contribution is 2.74. The van der Waals surface area contributed by atoms with Gasteiger partial charge in [0.1, 0.15) is 11.9 Å². The van der Waals surface area contributed by atoms with Gasteiger partial charge in [-0.05, 0) is 68.5 Å². The van der Waals surface area contributed by atoms with Crippen molar-refractivity contribution >= 4 is 20.1 Å². The molecule has 4 aliphatic rings. The Morgan fingerprint density at radius 2 is 1.85 bits per heavy atom. The summed E-state index contributed by atoms with van der Waals surface area (Å²) >= 11 is 0. The second-order valence-corrected chi connectivity index (χ2v) is 16.2. The highest BCUT2D eigenvalue weighted by atomic mass is 28.4. The number of hydrogen-bond acceptors (Lipinski definition) is 5. The second kappa shape index (κ2) is 9.82. The van der Waals surface area contributed by atoms with Crippen molar-refractivity contribution in [2.75, 3.05) is 7.11 Å². The molecule has 4 saturated carbocycles. The van der Waals surface area contributed by atoms with Gasteiger partial charge in [0.05, 0.1) is 12.2 Å². The molecule has 5 nitrogen and oxygen atoms in total. The molecule has 0 saturated heterocycles. The van der Waals surface area contributed by atoms with Crippen molar-refractivity contribution in [1.29, 1.82) is 0 Å². The summed E-state index contributed by atoms with van der Waals surface area (Å²) in [6, 6.07) is 3.12. The number of fused-ring (bicyclic) bond motifs is 3. The fraction of sp³-hybridized carbons (Fsp3) is 0.857. The monoisotopic (exact) mass is 490 g/mol. The van der Waals surface area contributed by atoms with Crippen LogP contribution in [-0.4, -0.2) is 45.5 Å². The van der Waals surface area contributed by atoms with Crippen LogP contribution in [0.25, 0.3) is 0 Å². The lowest BCUT2D eigenvalue weighted by Crippen LogP contribution is -2.60. The van der Waals surface area contributed by atoms with Gasteiger partial charge in [0.2, 0.25) is 0 Å². The molecule has 8 atom stereocenters. The van der Waals surface area contributed by atoms with E-state index in [0.29, 0.717) is 18.1 Å². The van der Waals surface area contributed by atoms with Crippen molar-refractivity contribution in [3.8, 4) is 0 Å². The maximum atomic E-state index is 13.3. The summed E-state index contributed by atoms with van der Waals surface area (Å²) in [6.45, 7) is 12.6. The molecule has 2 bridgehead atoms. The molecule has 4 fully saturated rings. The predicted octanol–water partition coefficient (Wildman–Crippen LogP) is 6.08. The van der Waals surface area contributed by atoms with Gasteiger partial charge in [-0.25, -0.2) is 0 Å². The van der Waals surface area contributed by atoms with Crippen LogP contribution in [0.3, 0.4) is 0 Å². The molecule has 0 heterocycles. The zero-order chi connectivity index (χ0) is 24.7. The van der Waals surface area contributed by atoms with E-state index in [1.165, 1.54) is 6.92 Å². The van der Waals surface area contributed by atoms with Gasteiger partial charge in [-0.2, -0.15) is 0 Å².